The van der Waals surface area contributed by atoms with E-state index in [1.165, 1.54) is 22.8 Å². The lowest BCUT2D eigenvalue weighted by Gasteiger charge is -2.22. The normalized spacial score (nSPS) is 15.0. The largest absolute Gasteiger partial charge is 0.491 e. The number of rotatable bonds is 2. The van der Waals surface area contributed by atoms with Crippen LogP contribution < -0.4 is 14.5 Å². The van der Waals surface area contributed by atoms with Crippen LogP contribution in [0.4, 0.5) is 5.69 Å². The molecule has 0 saturated carbocycles. The summed E-state index contributed by atoms with van der Waals surface area (Å²) >= 11 is 0. The third kappa shape index (κ3) is 2.40. The standard InChI is InChI=1S/C14H14N2O4S/c17-12-6-7-15-10-14(12)21(18,19)16-8-3-9-20-13-5-2-1-4-11(13)16/h1-2,4-7,10H,3,8-9H2,(H,15,17). The number of H-pyrrole nitrogens is 1. The van der Waals surface area contributed by atoms with Gasteiger partial charge in [0.2, 0.25) is 5.43 Å². The number of ether oxygens (including phenoxy) is 1. The molecule has 2 aromatic rings. The van der Waals surface area contributed by atoms with E-state index in [1.54, 1.807) is 24.3 Å². The molecule has 0 radical (unpaired) electrons. The highest BCUT2D eigenvalue weighted by Crippen LogP contribution is 2.33. The van der Waals surface area contributed by atoms with Gasteiger partial charge in [-0.15, -0.1) is 0 Å². The highest BCUT2D eigenvalue weighted by atomic mass is 32.2. The fourth-order valence-corrected chi connectivity index (χ4v) is 3.82. The lowest BCUT2D eigenvalue weighted by molar-refractivity contribution is 0.322. The Bertz CT molecular complexity index is 813. The van der Waals surface area contributed by atoms with Gasteiger partial charge in [0.1, 0.15) is 5.75 Å². The monoisotopic (exact) mass is 306 g/mol. The van der Waals surface area contributed by atoms with Crippen LogP contribution in [0.25, 0.3) is 0 Å². The summed E-state index contributed by atoms with van der Waals surface area (Å²) in [6, 6.07) is 8.12. The number of aromatic amines is 1. The van der Waals surface area contributed by atoms with Crippen LogP contribution in [0.2, 0.25) is 0 Å². The molecule has 7 heteroatoms. The van der Waals surface area contributed by atoms with Crippen LogP contribution in [-0.2, 0) is 10.0 Å². The van der Waals surface area contributed by atoms with E-state index in [0.29, 0.717) is 24.5 Å². The van der Waals surface area contributed by atoms with Crippen molar-refractivity contribution in [3.8, 4) is 5.75 Å². The Morgan fingerprint density at radius 1 is 1.19 bits per heavy atom. The third-order valence-corrected chi connectivity index (χ3v) is 5.09. The average molecular weight is 306 g/mol. The second-order valence-electron chi connectivity index (χ2n) is 4.62. The number of hydrogen-bond donors (Lipinski definition) is 1. The number of para-hydroxylation sites is 2. The van der Waals surface area contributed by atoms with Gasteiger partial charge in [0.25, 0.3) is 10.0 Å². The molecule has 1 aliphatic rings. The van der Waals surface area contributed by atoms with Gasteiger partial charge in [-0.1, -0.05) is 12.1 Å². The van der Waals surface area contributed by atoms with Crippen molar-refractivity contribution >= 4 is 15.7 Å². The summed E-state index contributed by atoms with van der Waals surface area (Å²) in [5.74, 6) is 0.505. The van der Waals surface area contributed by atoms with Gasteiger partial charge < -0.3 is 9.72 Å². The van der Waals surface area contributed by atoms with Gasteiger partial charge in [-0.05, 0) is 12.1 Å². The first-order valence-electron chi connectivity index (χ1n) is 6.52. The molecule has 6 nitrogen and oxygen atoms in total. The maximum absolute atomic E-state index is 12.8. The molecule has 1 aliphatic heterocycles. The molecule has 110 valence electrons. The maximum Gasteiger partial charge on any atom is 0.269 e. The predicted octanol–water partition coefficient (Wildman–Crippen LogP) is 1.35. The van der Waals surface area contributed by atoms with E-state index in [4.69, 9.17) is 4.74 Å². The molecular weight excluding hydrogens is 292 g/mol. The minimum Gasteiger partial charge on any atom is -0.491 e. The van der Waals surface area contributed by atoms with Gasteiger partial charge in [0.05, 0.1) is 12.3 Å². The van der Waals surface area contributed by atoms with Gasteiger partial charge >= 0.3 is 0 Å². The zero-order valence-electron chi connectivity index (χ0n) is 11.2. The van der Waals surface area contributed by atoms with Crippen molar-refractivity contribution in [1.29, 1.82) is 0 Å². The molecule has 0 atom stereocenters. The number of aromatic nitrogens is 1. The Morgan fingerprint density at radius 2 is 2.00 bits per heavy atom. The van der Waals surface area contributed by atoms with Gasteiger partial charge in [-0.3, -0.25) is 9.10 Å². The van der Waals surface area contributed by atoms with Crippen molar-refractivity contribution in [3.63, 3.8) is 0 Å². The Kier molecular flexibility index (Phi) is 3.42. The first kappa shape index (κ1) is 13.7. The van der Waals surface area contributed by atoms with E-state index in [2.05, 4.69) is 4.98 Å². The Labute approximate surface area is 122 Å². The minimum absolute atomic E-state index is 0.262. The molecule has 0 amide bonds. The van der Waals surface area contributed by atoms with Crippen LogP contribution in [0, 0.1) is 0 Å². The zero-order chi connectivity index (χ0) is 14.9. The summed E-state index contributed by atoms with van der Waals surface area (Å²) in [4.78, 5) is 14.2. The average Bonchev–Trinajstić information content (AvgIpc) is 2.70. The lowest BCUT2D eigenvalue weighted by Crippen LogP contribution is -2.34. The maximum atomic E-state index is 12.8. The quantitative estimate of drug-likeness (QED) is 0.908. The Hall–Kier alpha value is -2.28. The van der Waals surface area contributed by atoms with Crippen LogP contribution >= 0.6 is 0 Å². The molecule has 0 saturated heterocycles. The van der Waals surface area contributed by atoms with Crippen LogP contribution in [0.15, 0.2) is 52.4 Å². The summed E-state index contributed by atoms with van der Waals surface area (Å²) in [5.41, 5.74) is -0.0744. The predicted molar refractivity (Wildman–Crippen MR) is 78.1 cm³/mol. The number of anilines is 1. The molecule has 0 fully saturated rings. The Balaban J connectivity index is 2.16. The number of hydrogen-bond acceptors (Lipinski definition) is 4. The topological polar surface area (TPSA) is 79.5 Å². The molecule has 0 unspecified atom stereocenters. The molecule has 3 rings (SSSR count). The summed E-state index contributed by atoms with van der Waals surface area (Å²) in [6.45, 7) is 0.710. The number of nitrogens with zero attached hydrogens (tertiary/aromatic N) is 1. The minimum atomic E-state index is -3.92. The van der Waals surface area contributed by atoms with Crippen LogP contribution in [0.3, 0.4) is 0 Å². The molecule has 1 aromatic carbocycles. The van der Waals surface area contributed by atoms with Crippen molar-refractivity contribution in [2.45, 2.75) is 11.3 Å². The van der Waals surface area contributed by atoms with Gasteiger partial charge in [-0.2, -0.15) is 0 Å². The molecule has 0 bridgehead atoms. The summed E-state index contributed by atoms with van der Waals surface area (Å²) in [6.07, 6.45) is 3.17. The first-order chi connectivity index (χ1) is 10.1. The molecule has 1 N–H and O–H groups in total. The van der Waals surface area contributed by atoms with Crippen molar-refractivity contribution in [2.24, 2.45) is 0 Å². The van der Waals surface area contributed by atoms with E-state index in [0.717, 1.165) is 0 Å². The van der Waals surface area contributed by atoms with Crippen LogP contribution in [-0.4, -0.2) is 26.6 Å². The number of benzene rings is 1. The van der Waals surface area contributed by atoms with Gasteiger partial charge in [0, 0.05) is 31.4 Å². The molecule has 2 heterocycles. The molecule has 0 spiro atoms. The van der Waals surface area contributed by atoms with Crippen molar-refractivity contribution in [1.82, 2.24) is 4.98 Å². The van der Waals surface area contributed by atoms with E-state index in [9.17, 15) is 13.2 Å². The fourth-order valence-electron chi connectivity index (χ4n) is 2.27. The first-order valence-corrected chi connectivity index (χ1v) is 7.96. The second-order valence-corrected chi connectivity index (χ2v) is 6.45. The van der Waals surface area contributed by atoms with Crippen molar-refractivity contribution < 1.29 is 13.2 Å². The molecule has 0 aliphatic carbocycles. The number of sulfonamides is 1. The summed E-state index contributed by atoms with van der Waals surface area (Å²) < 4.78 is 32.3. The van der Waals surface area contributed by atoms with E-state index >= 15 is 0 Å². The third-order valence-electron chi connectivity index (χ3n) is 3.25. The van der Waals surface area contributed by atoms with E-state index in [1.807, 2.05) is 0 Å². The van der Waals surface area contributed by atoms with E-state index in [-0.39, 0.29) is 11.4 Å². The highest BCUT2D eigenvalue weighted by molar-refractivity contribution is 7.92. The Morgan fingerprint density at radius 3 is 2.81 bits per heavy atom. The molecule has 1 aromatic heterocycles. The molecule has 21 heavy (non-hydrogen) atoms. The number of nitrogens with one attached hydrogen (secondary N) is 1. The smallest absolute Gasteiger partial charge is 0.269 e. The summed E-state index contributed by atoms with van der Waals surface area (Å²) in [7, 11) is -3.92. The molecular formula is C14H14N2O4S. The van der Waals surface area contributed by atoms with Crippen molar-refractivity contribution in [2.75, 3.05) is 17.5 Å². The zero-order valence-corrected chi connectivity index (χ0v) is 12.0. The van der Waals surface area contributed by atoms with E-state index < -0.39 is 15.5 Å². The summed E-state index contributed by atoms with van der Waals surface area (Å²) in [5, 5.41) is 0. The second kappa shape index (κ2) is 5.25. The van der Waals surface area contributed by atoms with Gasteiger partial charge in [-0.25, -0.2) is 8.42 Å². The van der Waals surface area contributed by atoms with Crippen LogP contribution in [0.1, 0.15) is 6.42 Å². The highest BCUT2D eigenvalue weighted by Gasteiger charge is 2.30. The van der Waals surface area contributed by atoms with Crippen molar-refractivity contribution in [3.05, 3.63) is 52.9 Å². The van der Waals surface area contributed by atoms with Crippen LogP contribution in [0.5, 0.6) is 5.75 Å². The van der Waals surface area contributed by atoms with Gasteiger partial charge in [0.15, 0.2) is 4.90 Å². The number of fused-ring (bicyclic) bond motifs is 1. The lowest BCUT2D eigenvalue weighted by atomic mass is 10.3. The SMILES string of the molecule is O=c1cc[nH]cc1S(=O)(=O)N1CCCOc2ccccc21. The number of pyridine rings is 1. The fraction of sp³-hybridized carbons (Fsp3) is 0.214.